The van der Waals surface area contributed by atoms with E-state index >= 15 is 0 Å². The van der Waals surface area contributed by atoms with Gasteiger partial charge in [-0.15, -0.1) is 0 Å². The molecule has 0 saturated carbocycles. The summed E-state index contributed by atoms with van der Waals surface area (Å²) in [5, 5.41) is 6.57. The summed E-state index contributed by atoms with van der Waals surface area (Å²) in [4.78, 5) is 14.1. The minimum absolute atomic E-state index is 0.174. The zero-order valence-electron chi connectivity index (χ0n) is 9.42. The molecule has 1 aromatic carbocycles. The Morgan fingerprint density at radius 1 is 1.33 bits per heavy atom. The SMILES string of the molecule is Nc1[nH]ncc1-c1cccc(-n2cc[nH]c2=O)c1. The van der Waals surface area contributed by atoms with E-state index in [9.17, 15) is 4.79 Å². The number of nitrogens with zero attached hydrogens (tertiary/aromatic N) is 2. The van der Waals surface area contributed by atoms with Gasteiger partial charge in [0.25, 0.3) is 0 Å². The van der Waals surface area contributed by atoms with E-state index < -0.39 is 0 Å². The van der Waals surface area contributed by atoms with Crippen molar-refractivity contribution in [2.75, 3.05) is 5.73 Å². The summed E-state index contributed by atoms with van der Waals surface area (Å²) in [6.45, 7) is 0. The average Bonchev–Trinajstić information content (AvgIpc) is 2.98. The topological polar surface area (TPSA) is 92.5 Å². The highest BCUT2D eigenvalue weighted by molar-refractivity contribution is 5.74. The first-order chi connectivity index (χ1) is 8.75. The molecule has 0 amide bonds. The third-order valence-electron chi connectivity index (χ3n) is 2.75. The van der Waals surface area contributed by atoms with Crippen LogP contribution in [0.25, 0.3) is 16.8 Å². The summed E-state index contributed by atoms with van der Waals surface area (Å²) in [5.74, 6) is 0.508. The van der Waals surface area contributed by atoms with Gasteiger partial charge in [0.15, 0.2) is 0 Å². The number of anilines is 1. The number of H-pyrrole nitrogens is 2. The average molecular weight is 241 g/mol. The minimum Gasteiger partial charge on any atom is -0.384 e. The minimum atomic E-state index is -0.174. The first kappa shape index (κ1) is 10.4. The van der Waals surface area contributed by atoms with Gasteiger partial charge in [0.05, 0.1) is 11.9 Å². The van der Waals surface area contributed by atoms with Gasteiger partial charge in [-0.05, 0) is 17.7 Å². The van der Waals surface area contributed by atoms with Crippen molar-refractivity contribution >= 4 is 5.82 Å². The van der Waals surface area contributed by atoms with Crippen molar-refractivity contribution in [2.45, 2.75) is 0 Å². The molecule has 3 rings (SSSR count). The molecule has 0 saturated heterocycles. The van der Waals surface area contributed by atoms with E-state index in [-0.39, 0.29) is 5.69 Å². The van der Waals surface area contributed by atoms with Crippen molar-refractivity contribution in [1.82, 2.24) is 19.7 Å². The number of hydrogen-bond donors (Lipinski definition) is 3. The van der Waals surface area contributed by atoms with Crippen LogP contribution >= 0.6 is 0 Å². The zero-order chi connectivity index (χ0) is 12.5. The Balaban J connectivity index is 2.13. The lowest BCUT2D eigenvalue weighted by molar-refractivity contribution is 0.988. The lowest BCUT2D eigenvalue weighted by Gasteiger charge is -2.04. The number of nitrogen functional groups attached to an aromatic ring is 1. The number of rotatable bonds is 2. The first-order valence-electron chi connectivity index (χ1n) is 5.41. The number of imidazole rings is 1. The van der Waals surface area contributed by atoms with Crippen molar-refractivity contribution < 1.29 is 0 Å². The van der Waals surface area contributed by atoms with Crippen LogP contribution in [0.2, 0.25) is 0 Å². The van der Waals surface area contributed by atoms with Crippen LogP contribution in [0.5, 0.6) is 0 Å². The number of hydrogen-bond acceptors (Lipinski definition) is 3. The van der Waals surface area contributed by atoms with Crippen LogP contribution in [0, 0.1) is 0 Å². The molecule has 0 unspecified atom stereocenters. The van der Waals surface area contributed by atoms with Crippen molar-refractivity contribution in [2.24, 2.45) is 0 Å². The Labute approximate surface area is 102 Å². The molecule has 0 aliphatic rings. The number of aromatic nitrogens is 4. The summed E-state index contributed by atoms with van der Waals surface area (Å²) in [6, 6.07) is 7.53. The molecule has 0 aliphatic carbocycles. The molecule has 0 radical (unpaired) electrons. The van der Waals surface area contributed by atoms with Gasteiger partial charge in [0.1, 0.15) is 5.82 Å². The van der Waals surface area contributed by atoms with E-state index in [2.05, 4.69) is 15.2 Å². The maximum Gasteiger partial charge on any atom is 0.330 e. The van der Waals surface area contributed by atoms with E-state index in [0.717, 1.165) is 16.8 Å². The van der Waals surface area contributed by atoms with Crippen molar-refractivity contribution in [3.8, 4) is 16.8 Å². The van der Waals surface area contributed by atoms with E-state index in [0.29, 0.717) is 5.82 Å². The first-order valence-corrected chi connectivity index (χ1v) is 5.41. The summed E-state index contributed by atoms with van der Waals surface area (Å²) in [6.07, 6.45) is 4.94. The lowest BCUT2D eigenvalue weighted by atomic mass is 10.1. The number of nitrogens with two attached hydrogens (primary N) is 1. The standard InChI is InChI=1S/C12H11N5O/c13-11-10(7-15-16-11)8-2-1-3-9(6-8)17-5-4-14-12(17)18/h1-7H,(H,14,18)(H3,13,15,16). The number of nitrogens with one attached hydrogen (secondary N) is 2. The second-order valence-electron chi connectivity index (χ2n) is 3.88. The Hall–Kier alpha value is -2.76. The molecule has 6 heteroatoms. The summed E-state index contributed by atoms with van der Waals surface area (Å²) in [7, 11) is 0. The van der Waals surface area contributed by atoms with Crippen LogP contribution in [0.15, 0.2) is 47.7 Å². The van der Waals surface area contributed by atoms with E-state index in [1.54, 1.807) is 18.6 Å². The van der Waals surface area contributed by atoms with E-state index in [4.69, 9.17) is 5.73 Å². The van der Waals surface area contributed by atoms with Crippen molar-refractivity contribution in [3.05, 3.63) is 53.3 Å². The van der Waals surface area contributed by atoms with E-state index in [1.165, 1.54) is 4.57 Å². The molecular weight excluding hydrogens is 230 g/mol. The molecule has 2 aromatic heterocycles. The second kappa shape index (κ2) is 3.92. The molecule has 0 atom stereocenters. The van der Waals surface area contributed by atoms with Gasteiger partial charge in [-0.25, -0.2) is 4.79 Å². The smallest absolute Gasteiger partial charge is 0.330 e. The molecule has 90 valence electrons. The number of aromatic amines is 2. The molecule has 18 heavy (non-hydrogen) atoms. The lowest BCUT2D eigenvalue weighted by Crippen LogP contribution is -2.13. The highest BCUT2D eigenvalue weighted by Gasteiger charge is 2.06. The maximum absolute atomic E-state index is 11.5. The molecule has 4 N–H and O–H groups in total. The van der Waals surface area contributed by atoms with Crippen LogP contribution in [0.1, 0.15) is 0 Å². The largest absolute Gasteiger partial charge is 0.384 e. The molecule has 2 heterocycles. The molecule has 6 nitrogen and oxygen atoms in total. The van der Waals surface area contributed by atoms with Gasteiger partial charge in [0.2, 0.25) is 0 Å². The Morgan fingerprint density at radius 3 is 2.89 bits per heavy atom. The van der Waals surface area contributed by atoms with Crippen LogP contribution in [-0.4, -0.2) is 19.7 Å². The monoisotopic (exact) mass is 241 g/mol. The van der Waals surface area contributed by atoms with Gasteiger partial charge in [0, 0.05) is 18.0 Å². The normalized spacial score (nSPS) is 10.7. The van der Waals surface area contributed by atoms with Crippen molar-refractivity contribution in [3.63, 3.8) is 0 Å². The summed E-state index contributed by atoms with van der Waals surface area (Å²) in [5.41, 5.74) is 8.11. The van der Waals surface area contributed by atoms with Gasteiger partial charge in [-0.2, -0.15) is 5.10 Å². The quantitative estimate of drug-likeness (QED) is 0.628. The highest BCUT2D eigenvalue weighted by atomic mass is 16.1. The highest BCUT2D eigenvalue weighted by Crippen LogP contribution is 2.24. The fourth-order valence-electron chi connectivity index (χ4n) is 1.87. The van der Waals surface area contributed by atoms with Crippen molar-refractivity contribution in [1.29, 1.82) is 0 Å². The number of benzene rings is 1. The Bertz CT molecular complexity index is 737. The second-order valence-corrected chi connectivity index (χ2v) is 3.88. The third kappa shape index (κ3) is 1.60. The maximum atomic E-state index is 11.5. The Kier molecular flexibility index (Phi) is 2.26. The van der Waals surface area contributed by atoms with Crippen LogP contribution < -0.4 is 11.4 Å². The molecule has 0 bridgehead atoms. The molecule has 0 spiro atoms. The third-order valence-corrected chi connectivity index (χ3v) is 2.75. The van der Waals surface area contributed by atoms with Gasteiger partial charge in [-0.1, -0.05) is 12.1 Å². The molecule has 0 aliphatic heterocycles. The van der Waals surface area contributed by atoms with Crippen LogP contribution in [0.3, 0.4) is 0 Å². The summed E-state index contributed by atoms with van der Waals surface area (Å²) < 4.78 is 1.53. The molecule has 3 aromatic rings. The van der Waals surface area contributed by atoms with Crippen LogP contribution in [0.4, 0.5) is 5.82 Å². The zero-order valence-corrected chi connectivity index (χ0v) is 9.42. The molecule has 0 fully saturated rings. The fraction of sp³-hybridized carbons (Fsp3) is 0. The van der Waals surface area contributed by atoms with Crippen LogP contribution in [-0.2, 0) is 0 Å². The predicted octanol–water partition coefficient (Wildman–Crippen LogP) is 1.14. The predicted molar refractivity (Wildman–Crippen MR) is 68.4 cm³/mol. The van der Waals surface area contributed by atoms with Gasteiger partial charge >= 0.3 is 5.69 Å². The fourth-order valence-corrected chi connectivity index (χ4v) is 1.87. The summed E-state index contributed by atoms with van der Waals surface area (Å²) >= 11 is 0. The molecular formula is C12H11N5O. The van der Waals surface area contributed by atoms with Gasteiger partial charge < -0.3 is 10.7 Å². The Morgan fingerprint density at radius 2 is 2.22 bits per heavy atom. The van der Waals surface area contributed by atoms with Gasteiger partial charge in [-0.3, -0.25) is 9.67 Å². The van der Waals surface area contributed by atoms with E-state index in [1.807, 2.05) is 24.3 Å².